The van der Waals surface area contributed by atoms with E-state index in [9.17, 15) is 10.0 Å². The summed E-state index contributed by atoms with van der Waals surface area (Å²) in [5.41, 5.74) is 23.7. The molecule has 0 radical (unpaired) electrons. The van der Waals surface area contributed by atoms with Crippen LogP contribution in [0.2, 0.25) is 0 Å². The number of fused-ring (bicyclic) bond motifs is 14. The van der Waals surface area contributed by atoms with Crippen LogP contribution in [0, 0.1) is 0 Å². The summed E-state index contributed by atoms with van der Waals surface area (Å²) in [6.45, 7) is 9.41. The van der Waals surface area contributed by atoms with Gasteiger partial charge < -0.3 is 10.0 Å². The Morgan fingerprint density at radius 3 is 1.02 bits per heavy atom. The van der Waals surface area contributed by atoms with Crippen LogP contribution in [0.5, 0.6) is 0 Å². The fourth-order valence-electron chi connectivity index (χ4n) is 15.0. The zero-order chi connectivity index (χ0) is 63.8. The maximum absolute atomic E-state index is 9.44. The first-order valence-electron chi connectivity index (χ1n) is 32.4. The molecule has 16 aromatic rings. The van der Waals surface area contributed by atoms with E-state index < -0.39 is 7.12 Å². The standard InChI is InChI=1S/C45H32.C25H19Br.C20H15BO2/c1-45(2)43-27-33(20-22-40(43)41-23-21-34(28-44(41)45)32-19-18-29-10-3-4-11-30(29)24-32)31-13-9-14-35(25-31)42-26-36-12-5-6-15-37(36)38-16-7-8-17-39(38)42;1-25(2)23-14-19(18-8-7-16-5-3-4-6-17(16)13-18)9-11-21(23)22-12-10-20(26)15-24(22)25;22-21(23)16-8-5-7-14(12-16)20-13-15-6-1-2-9-17(15)18-10-3-4-11-19(18)20/h3-28H,1-2H3;3-15H,1-2H3;1-13,22-23H. The van der Waals surface area contributed by atoms with Gasteiger partial charge in [0, 0.05) is 15.3 Å². The van der Waals surface area contributed by atoms with Crippen LogP contribution < -0.4 is 5.46 Å². The van der Waals surface area contributed by atoms with Gasteiger partial charge in [-0.15, -0.1) is 0 Å². The van der Waals surface area contributed by atoms with Crippen molar-refractivity contribution >= 4 is 93.1 Å². The molecule has 0 saturated carbocycles. The molecule has 18 rings (SSSR count). The maximum Gasteiger partial charge on any atom is 0.488 e. The molecule has 16 aromatic carbocycles. The van der Waals surface area contributed by atoms with Crippen LogP contribution in [0.25, 0.3) is 143 Å². The summed E-state index contributed by atoms with van der Waals surface area (Å²) < 4.78 is 1.15. The van der Waals surface area contributed by atoms with Crippen molar-refractivity contribution in [3.8, 4) is 77.9 Å². The molecule has 94 heavy (non-hydrogen) atoms. The minimum atomic E-state index is -1.46. The smallest absolute Gasteiger partial charge is 0.423 e. The van der Waals surface area contributed by atoms with Crippen LogP contribution in [-0.4, -0.2) is 17.2 Å². The highest BCUT2D eigenvalue weighted by Crippen LogP contribution is 2.53. The zero-order valence-corrected chi connectivity index (χ0v) is 54.5. The normalized spacial score (nSPS) is 13.0. The van der Waals surface area contributed by atoms with Gasteiger partial charge in [-0.3, -0.25) is 0 Å². The molecule has 0 spiro atoms. The van der Waals surface area contributed by atoms with Crippen LogP contribution in [0.1, 0.15) is 49.9 Å². The van der Waals surface area contributed by atoms with Crippen molar-refractivity contribution in [3.63, 3.8) is 0 Å². The Morgan fingerprint density at radius 2 is 0.564 bits per heavy atom. The number of halogens is 1. The Morgan fingerprint density at radius 1 is 0.234 bits per heavy atom. The van der Waals surface area contributed by atoms with E-state index in [0.29, 0.717) is 5.46 Å². The second kappa shape index (κ2) is 23.6. The molecule has 448 valence electrons. The zero-order valence-electron chi connectivity index (χ0n) is 52.9. The average molecular weight is 1270 g/mol. The minimum Gasteiger partial charge on any atom is -0.423 e. The summed E-state index contributed by atoms with van der Waals surface area (Å²) in [5, 5.41) is 33.9. The van der Waals surface area contributed by atoms with Crippen LogP contribution in [0.15, 0.2) is 320 Å². The lowest BCUT2D eigenvalue weighted by Crippen LogP contribution is -2.29. The van der Waals surface area contributed by atoms with Crippen LogP contribution in [0.3, 0.4) is 0 Å². The molecule has 0 aliphatic heterocycles. The number of hydrogen-bond donors (Lipinski definition) is 2. The summed E-state index contributed by atoms with van der Waals surface area (Å²) in [6, 6.07) is 114. The van der Waals surface area contributed by atoms with Gasteiger partial charge in [0.05, 0.1) is 0 Å². The molecule has 0 aromatic heterocycles. The Hall–Kier alpha value is -10.5. The van der Waals surface area contributed by atoms with Crippen molar-refractivity contribution in [2.45, 2.75) is 38.5 Å². The molecule has 0 unspecified atom stereocenters. The largest absolute Gasteiger partial charge is 0.488 e. The van der Waals surface area contributed by atoms with Crippen molar-refractivity contribution in [2.75, 3.05) is 0 Å². The predicted molar refractivity (Wildman–Crippen MR) is 404 cm³/mol. The molecule has 0 fully saturated rings. The summed E-state index contributed by atoms with van der Waals surface area (Å²) >= 11 is 3.64. The molecular formula is C90H66BBrO2. The van der Waals surface area contributed by atoms with Crippen LogP contribution >= 0.6 is 15.9 Å². The van der Waals surface area contributed by atoms with Gasteiger partial charge in [0.2, 0.25) is 0 Å². The van der Waals surface area contributed by atoms with Gasteiger partial charge in [-0.2, -0.15) is 0 Å². The Labute approximate surface area is 558 Å². The summed E-state index contributed by atoms with van der Waals surface area (Å²) in [6.07, 6.45) is 0. The second-order valence-corrected chi connectivity index (χ2v) is 27.2. The fraction of sp³-hybridized carbons (Fsp3) is 0.0667. The summed E-state index contributed by atoms with van der Waals surface area (Å²) in [4.78, 5) is 0. The third-order valence-corrected chi connectivity index (χ3v) is 20.5. The summed E-state index contributed by atoms with van der Waals surface area (Å²) in [5.74, 6) is 0. The van der Waals surface area contributed by atoms with Crippen molar-refractivity contribution < 1.29 is 10.0 Å². The van der Waals surface area contributed by atoms with Gasteiger partial charge in [-0.1, -0.05) is 298 Å². The van der Waals surface area contributed by atoms with Crippen LogP contribution in [0.4, 0.5) is 0 Å². The SMILES string of the molecule is CC1(C)c2cc(-c3cccc(-c4cc5ccccc5c5ccccc45)c3)ccc2-c2ccc(-c3ccc4ccccc4c3)cc21.CC1(C)c2cc(Br)ccc2-c2ccc(-c3ccc4ccccc4c3)cc21.OB(O)c1cccc(-c2cc3ccccc3c3ccccc23)c1. The van der Waals surface area contributed by atoms with Crippen molar-refractivity contribution in [1.29, 1.82) is 0 Å². The topological polar surface area (TPSA) is 40.5 Å². The molecule has 0 bridgehead atoms. The van der Waals surface area contributed by atoms with E-state index >= 15 is 0 Å². The highest BCUT2D eigenvalue weighted by atomic mass is 79.9. The molecule has 4 heteroatoms. The number of benzene rings is 16. The second-order valence-electron chi connectivity index (χ2n) is 26.3. The lowest BCUT2D eigenvalue weighted by Gasteiger charge is -2.23. The van der Waals surface area contributed by atoms with E-state index in [4.69, 9.17) is 0 Å². The predicted octanol–water partition coefficient (Wildman–Crippen LogP) is 23.4. The Kier molecular flexibility index (Phi) is 14.7. The monoisotopic (exact) mass is 1270 g/mol. The maximum atomic E-state index is 9.44. The average Bonchev–Trinajstić information content (AvgIpc) is 1.54. The van der Waals surface area contributed by atoms with E-state index in [2.05, 4.69) is 317 Å². The van der Waals surface area contributed by atoms with Gasteiger partial charge in [-0.05, 0) is 231 Å². The first-order chi connectivity index (χ1) is 45.8. The molecule has 2 N–H and O–H groups in total. The number of rotatable bonds is 6. The van der Waals surface area contributed by atoms with E-state index in [-0.39, 0.29) is 10.8 Å². The molecular weight excluding hydrogens is 1200 g/mol. The van der Waals surface area contributed by atoms with Gasteiger partial charge in [0.1, 0.15) is 0 Å². The molecule has 2 nitrogen and oxygen atoms in total. The van der Waals surface area contributed by atoms with Crippen molar-refractivity contribution in [3.05, 3.63) is 342 Å². The lowest BCUT2D eigenvalue weighted by atomic mass is 9.78. The van der Waals surface area contributed by atoms with Gasteiger partial charge in [0.15, 0.2) is 0 Å². The van der Waals surface area contributed by atoms with E-state index in [1.807, 2.05) is 36.4 Å². The molecule has 0 saturated heterocycles. The quantitative estimate of drug-likeness (QED) is 0.129. The molecule has 2 aliphatic carbocycles. The number of hydrogen-bond acceptors (Lipinski definition) is 2. The molecule has 0 amide bonds. The minimum absolute atomic E-state index is 0.0152. The first kappa shape index (κ1) is 58.6. The third-order valence-electron chi connectivity index (χ3n) is 20.0. The van der Waals surface area contributed by atoms with Gasteiger partial charge in [-0.25, -0.2) is 0 Å². The van der Waals surface area contributed by atoms with E-state index in [1.165, 1.54) is 148 Å². The molecule has 2 aliphatic rings. The Balaban J connectivity index is 0.000000121. The molecule has 0 atom stereocenters. The Bertz CT molecular complexity index is 5700. The van der Waals surface area contributed by atoms with Crippen molar-refractivity contribution in [2.24, 2.45) is 0 Å². The lowest BCUT2D eigenvalue weighted by molar-refractivity contribution is 0.426. The highest BCUT2D eigenvalue weighted by Gasteiger charge is 2.37. The van der Waals surface area contributed by atoms with Crippen molar-refractivity contribution in [1.82, 2.24) is 0 Å². The van der Waals surface area contributed by atoms with E-state index in [0.717, 1.165) is 21.0 Å². The third kappa shape index (κ3) is 10.4. The highest BCUT2D eigenvalue weighted by molar-refractivity contribution is 9.10. The van der Waals surface area contributed by atoms with Gasteiger partial charge >= 0.3 is 7.12 Å². The van der Waals surface area contributed by atoms with E-state index in [1.54, 1.807) is 6.07 Å². The summed E-state index contributed by atoms with van der Waals surface area (Å²) in [7, 11) is -1.46. The van der Waals surface area contributed by atoms with Crippen LogP contribution in [-0.2, 0) is 10.8 Å². The fourth-order valence-corrected chi connectivity index (χ4v) is 15.4. The first-order valence-corrected chi connectivity index (χ1v) is 33.2. The molecule has 0 heterocycles. The van der Waals surface area contributed by atoms with Gasteiger partial charge in [0.25, 0.3) is 0 Å².